The molecule has 112 valence electrons. The lowest BCUT2D eigenvalue weighted by atomic mass is 10.2. The Kier molecular flexibility index (Phi) is 3.93. The van der Waals surface area contributed by atoms with Crippen molar-refractivity contribution in [1.82, 2.24) is 4.98 Å². The fourth-order valence-corrected chi connectivity index (χ4v) is 2.81. The first-order valence-electron chi connectivity index (χ1n) is 6.51. The smallest absolute Gasteiger partial charge is 0.337 e. The van der Waals surface area contributed by atoms with Gasteiger partial charge in [0.05, 0.1) is 30.0 Å². The Hall–Kier alpha value is -2.60. The molecule has 0 bridgehead atoms. The lowest BCUT2D eigenvalue weighted by Gasteiger charge is -2.09. The Morgan fingerprint density at radius 2 is 1.91 bits per heavy atom. The van der Waals surface area contributed by atoms with Gasteiger partial charge in [0.15, 0.2) is 11.5 Å². The van der Waals surface area contributed by atoms with Crippen LogP contribution in [0.25, 0.3) is 10.2 Å². The Labute approximate surface area is 131 Å². The molecule has 3 rings (SSSR count). The summed E-state index contributed by atoms with van der Waals surface area (Å²) in [5.41, 5.74) is 1.28. The SMILES string of the molecule is COC(=O)c1ccc(Oc2nc3ccccc3s2)c(OC)c1. The number of fused-ring (bicyclic) bond motifs is 1. The van der Waals surface area contributed by atoms with E-state index in [-0.39, 0.29) is 0 Å². The third-order valence-corrected chi connectivity index (χ3v) is 3.97. The first-order valence-corrected chi connectivity index (χ1v) is 7.32. The van der Waals surface area contributed by atoms with Crippen LogP contribution in [-0.4, -0.2) is 25.2 Å². The molecule has 1 heterocycles. The average Bonchev–Trinajstić information content (AvgIpc) is 2.96. The Morgan fingerprint density at radius 3 is 2.64 bits per heavy atom. The summed E-state index contributed by atoms with van der Waals surface area (Å²) in [4.78, 5) is 15.9. The number of carbonyl (C=O) groups is 1. The number of thiazole rings is 1. The van der Waals surface area contributed by atoms with E-state index < -0.39 is 5.97 Å². The van der Waals surface area contributed by atoms with E-state index in [0.717, 1.165) is 10.2 Å². The predicted octanol–water partition coefficient (Wildman–Crippen LogP) is 3.88. The molecule has 0 aliphatic carbocycles. The summed E-state index contributed by atoms with van der Waals surface area (Å²) < 4.78 is 16.8. The van der Waals surface area contributed by atoms with E-state index in [0.29, 0.717) is 22.3 Å². The van der Waals surface area contributed by atoms with Gasteiger partial charge in [0, 0.05) is 0 Å². The normalized spacial score (nSPS) is 10.5. The van der Waals surface area contributed by atoms with Gasteiger partial charge in [-0.05, 0) is 30.3 Å². The minimum absolute atomic E-state index is 0.399. The standard InChI is InChI=1S/C16H13NO4S/c1-19-13-9-10(15(18)20-2)7-8-12(13)21-16-17-11-5-3-4-6-14(11)22-16/h3-9H,1-2H3. The van der Waals surface area contributed by atoms with Crippen molar-refractivity contribution in [1.29, 1.82) is 0 Å². The zero-order chi connectivity index (χ0) is 15.5. The van der Waals surface area contributed by atoms with Crippen LogP contribution in [0.15, 0.2) is 42.5 Å². The molecule has 0 saturated heterocycles. The molecule has 0 aliphatic rings. The van der Waals surface area contributed by atoms with E-state index in [4.69, 9.17) is 9.47 Å². The van der Waals surface area contributed by atoms with E-state index in [1.807, 2.05) is 24.3 Å². The quantitative estimate of drug-likeness (QED) is 0.684. The summed E-state index contributed by atoms with van der Waals surface area (Å²) in [6.45, 7) is 0. The summed E-state index contributed by atoms with van der Waals surface area (Å²) in [5.74, 6) is 0.515. The van der Waals surface area contributed by atoms with Gasteiger partial charge < -0.3 is 14.2 Å². The number of benzene rings is 2. The largest absolute Gasteiger partial charge is 0.493 e. The number of methoxy groups -OCH3 is 2. The van der Waals surface area contributed by atoms with Gasteiger partial charge in [0.25, 0.3) is 5.19 Å². The lowest BCUT2D eigenvalue weighted by molar-refractivity contribution is 0.0600. The van der Waals surface area contributed by atoms with Gasteiger partial charge >= 0.3 is 5.97 Å². The zero-order valence-corrected chi connectivity index (χ0v) is 12.8. The number of hydrogen-bond acceptors (Lipinski definition) is 6. The molecule has 0 atom stereocenters. The number of hydrogen-bond donors (Lipinski definition) is 0. The van der Waals surface area contributed by atoms with Crippen LogP contribution >= 0.6 is 11.3 Å². The molecular formula is C16H13NO4S. The van der Waals surface area contributed by atoms with E-state index >= 15 is 0 Å². The Balaban J connectivity index is 1.92. The topological polar surface area (TPSA) is 57.7 Å². The highest BCUT2D eigenvalue weighted by Crippen LogP contribution is 2.36. The summed E-state index contributed by atoms with van der Waals surface area (Å²) >= 11 is 1.45. The maximum absolute atomic E-state index is 11.5. The Bertz CT molecular complexity index is 795. The van der Waals surface area contributed by atoms with Gasteiger partial charge in [-0.25, -0.2) is 9.78 Å². The van der Waals surface area contributed by atoms with Crippen LogP contribution in [0, 0.1) is 0 Å². The summed E-state index contributed by atoms with van der Waals surface area (Å²) in [6.07, 6.45) is 0. The molecule has 2 aromatic carbocycles. The second-order valence-electron chi connectivity index (χ2n) is 4.41. The molecule has 0 amide bonds. The lowest BCUT2D eigenvalue weighted by Crippen LogP contribution is -2.02. The minimum Gasteiger partial charge on any atom is -0.493 e. The van der Waals surface area contributed by atoms with Crippen LogP contribution < -0.4 is 9.47 Å². The molecular weight excluding hydrogens is 302 g/mol. The second-order valence-corrected chi connectivity index (χ2v) is 5.40. The maximum atomic E-state index is 11.5. The molecule has 0 N–H and O–H groups in total. The van der Waals surface area contributed by atoms with Crippen molar-refractivity contribution in [2.24, 2.45) is 0 Å². The molecule has 0 saturated carbocycles. The van der Waals surface area contributed by atoms with Crippen molar-refractivity contribution in [3.05, 3.63) is 48.0 Å². The van der Waals surface area contributed by atoms with E-state index in [1.54, 1.807) is 18.2 Å². The van der Waals surface area contributed by atoms with Crippen LogP contribution in [0.5, 0.6) is 16.7 Å². The number of aromatic nitrogens is 1. The van der Waals surface area contributed by atoms with Crippen LogP contribution in [0.2, 0.25) is 0 Å². The third-order valence-electron chi connectivity index (χ3n) is 3.06. The van der Waals surface area contributed by atoms with Crippen LogP contribution in [0.3, 0.4) is 0 Å². The Morgan fingerprint density at radius 1 is 1.09 bits per heavy atom. The number of rotatable bonds is 4. The second kappa shape index (κ2) is 6.03. The number of ether oxygens (including phenoxy) is 3. The minimum atomic E-state index is -0.426. The van der Waals surface area contributed by atoms with Gasteiger partial charge in [0.2, 0.25) is 0 Å². The predicted molar refractivity (Wildman–Crippen MR) is 84.0 cm³/mol. The molecule has 22 heavy (non-hydrogen) atoms. The van der Waals surface area contributed by atoms with Crippen molar-refractivity contribution in [2.75, 3.05) is 14.2 Å². The highest BCUT2D eigenvalue weighted by atomic mass is 32.1. The van der Waals surface area contributed by atoms with Crippen LogP contribution in [-0.2, 0) is 4.74 Å². The molecule has 5 nitrogen and oxygen atoms in total. The fraction of sp³-hybridized carbons (Fsp3) is 0.125. The molecule has 6 heteroatoms. The summed E-state index contributed by atoms with van der Waals surface area (Å²) in [6, 6.07) is 12.7. The van der Waals surface area contributed by atoms with E-state index in [9.17, 15) is 4.79 Å². The highest BCUT2D eigenvalue weighted by molar-refractivity contribution is 7.20. The van der Waals surface area contributed by atoms with Gasteiger partial charge in [-0.3, -0.25) is 0 Å². The number of esters is 1. The zero-order valence-electron chi connectivity index (χ0n) is 12.0. The van der Waals surface area contributed by atoms with Crippen molar-refractivity contribution >= 4 is 27.5 Å². The van der Waals surface area contributed by atoms with Crippen molar-refractivity contribution in [3.63, 3.8) is 0 Å². The highest BCUT2D eigenvalue weighted by Gasteiger charge is 2.13. The average molecular weight is 315 g/mol. The van der Waals surface area contributed by atoms with E-state index in [1.165, 1.54) is 25.6 Å². The van der Waals surface area contributed by atoms with Crippen molar-refractivity contribution in [2.45, 2.75) is 0 Å². The number of nitrogens with zero attached hydrogens (tertiary/aromatic N) is 1. The molecule has 3 aromatic rings. The van der Waals surface area contributed by atoms with Gasteiger partial charge in [0.1, 0.15) is 0 Å². The van der Waals surface area contributed by atoms with Gasteiger partial charge in [-0.2, -0.15) is 0 Å². The first kappa shape index (κ1) is 14.3. The molecule has 0 radical (unpaired) electrons. The van der Waals surface area contributed by atoms with Crippen LogP contribution in [0.4, 0.5) is 0 Å². The molecule has 0 fully saturated rings. The number of para-hydroxylation sites is 1. The number of carbonyl (C=O) groups excluding carboxylic acids is 1. The maximum Gasteiger partial charge on any atom is 0.337 e. The van der Waals surface area contributed by atoms with Crippen molar-refractivity contribution in [3.8, 4) is 16.7 Å². The molecule has 1 aromatic heterocycles. The summed E-state index contributed by atoms with van der Waals surface area (Å²) in [5, 5.41) is 0.519. The molecule has 0 aliphatic heterocycles. The van der Waals surface area contributed by atoms with Gasteiger partial charge in [-0.1, -0.05) is 23.5 Å². The molecule has 0 spiro atoms. The third kappa shape index (κ3) is 2.73. The summed E-state index contributed by atoms with van der Waals surface area (Å²) in [7, 11) is 2.85. The monoisotopic (exact) mass is 315 g/mol. The first-order chi connectivity index (χ1) is 10.7. The van der Waals surface area contributed by atoms with Gasteiger partial charge in [-0.15, -0.1) is 0 Å². The van der Waals surface area contributed by atoms with Crippen LogP contribution in [0.1, 0.15) is 10.4 Å². The van der Waals surface area contributed by atoms with Crippen molar-refractivity contribution < 1.29 is 19.0 Å². The molecule has 0 unspecified atom stereocenters. The van der Waals surface area contributed by atoms with E-state index in [2.05, 4.69) is 9.72 Å². The fourth-order valence-electron chi connectivity index (χ4n) is 1.99.